The maximum absolute atomic E-state index is 4.44. The SMILES string of the molecule is Cc1cc(C)cc(Nc2nccnc2Nc2cc(C)cc(C)c2)c1. The first-order valence-electron chi connectivity index (χ1n) is 8.01. The second kappa shape index (κ2) is 6.71. The molecule has 4 nitrogen and oxygen atoms in total. The number of benzene rings is 2. The van der Waals surface area contributed by atoms with Crippen LogP contribution >= 0.6 is 0 Å². The minimum absolute atomic E-state index is 0.710. The molecule has 0 unspecified atom stereocenters. The van der Waals surface area contributed by atoms with Crippen molar-refractivity contribution in [2.75, 3.05) is 10.6 Å². The molecule has 1 aromatic heterocycles. The van der Waals surface area contributed by atoms with Crippen LogP contribution in [0, 0.1) is 27.7 Å². The predicted octanol–water partition coefficient (Wildman–Crippen LogP) is 5.20. The molecule has 0 atom stereocenters. The lowest BCUT2D eigenvalue weighted by Crippen LogP contribution is -2.02. The standard InChI is InChI=1S/C20H22N4/c1-13-7-14(2)10-17(9-13)23-19-20(22-6-5-21-19)24-18-11-15(3)8-16(4)12-18/h5-12H,1-4H3,(H,21,23)(H,22,24). The Morgan fingerprint density at radius 1 is 0.542 bits per heavy atom. The molecular weight excluding hydrogens is 296 g/mol. The molecule has 0 aliphatic carbocycles. The van der Waals surface area contributed by atoms with Crippen LogP contribution in [0.1, 0.15) is 22.3 Å². The quantitative estimate of drug-likeness (QED) is 0.694. The zero-order chi connectivity index (χ0) is 17.1. The topological polar surface area (TPSA) is 49.8 Å². The molecular formula is C20H22N4. The molecule has 0 saturated carbocycles. The molecule has 0 radical (unpaired) electrons. The van der Waals surface area contributed by atoms with E-state index in [1.54, 1.807) is 12.4 Å². The van der Waals surface area contributed by atoms with E-state index in [0.29, 0.717) is 11.6 Å². The Balaban J connectivity index is 1.90. The second-order valence-corrected chi connectivity index (χ2v) is 6.26. The van der Waals surface area contributed by atoms with Gasteiger partial charge in [-0.15, -0.1) is 0 Å². The Kier molecular flexibility index (Phi) is 4.47. The lowest BCUT2D eigenvalue weighted by molar-refractivity contribution is 1.19. The number of aryl methyl sites for hydroxylation is 4. The van der Waals surface area contributed by atoms with E-state index in [1.165, 1.54) is 22.3 Å². The molecule has 4 heteroatoms. The van der Waals surface area contributed by atoms with Gasteiger partial charge in [0.05, 0.1) is 0 Å². The average Bonchev–Trinajstić information content (AvgIpc) is 2.47. The summed E-state index contributed by atoms with van der Waals surface area (Å²) in [5, 5.41) is 6.74. The smallest absolute Gasteiger partial charge is 0.173 e. The molecule has 3 rings (SSSR count). The van der Waals surface area contributed by atoms with E-state index in [9.17, 15) is 0 Å². The lowest BCUT2D eigenvalue weighted by Gasteiger charge is -2.13. The number of nitrogens with zero attached hydrogens (tertiary/aromatic N) is 2. The van der Waals surface area contributed by atoms with Gasteiger partial charge in [-0.1, -0.05) is 12.1 Å². The Morgan fingerprint density at radius 2 is 0.875 bits per heavy atom. The van der Waals surface area contributed by atoms with Crippen LogP contribution in [0.4, 0.5) is 23.0 Å². The summed E-state index contributed by atoms with van der Waals surface area (Å²) in [6, 6.07) is 12.7. The minimum Gasteiger partial charge on any atom is -0.337 e. The molecule has 122 valence electrons. The largest absolute Gasteiger partial charge is 0.337 e. The van der Waals surface area contributed by atoms with Gasteiger partial charge < -0.3 is 10.6 Å². The van der Waals surface area contributed by atoms with E-state index >= 15 is 0 Å². The highest BCUT2D eigenvalue weighted by molar-refractivity contribution is 5.72. The molecule has 3 aromatic rings. The van der Waals surface area contributed by atoms with Crippen molar-refractivity contribution in [2.45, 2.75) is 27.7 Å². The second-order valence-electron chi connectivity index (χ2n) is 6.26. The summed E-state index contributed by atoms with van der Waals surface area (Å²) in [5.41, 5.74) is 6.87. The summed E-state index contributed by atoms with van der Waals surface area (Å²) >= 11 is 0. The van der Waals surface area contributed by atoms with Crippen molar-refractivity contribution in [2.24, 2.45) is 0 Å². The zero-order valence-electron chi connectivity index (χ0n) is 14.5. The number of nitrogens with one attached hydrogen (secondary N) is 2. The Morgan fingerprint density at radius 3 is 1.21 bits per heavy atom. The van der Waals surface area contributed by atoms with E-state index in [-0.39, 0.29) is 0 Å². The van der Waals surface area contributed by atoms with Crippen molar-refractivity contribution in [3.05, 3.63) is 71.0 Å². The molecule has 1 heterocycles. The van der Waals surface area contributed by atoms with Gasteiger partial charge in [0.2, 0.25) is 0 Å². The van der Waals surface area contributed by atoms with Crippen molar-refractivity contribution in [3.8, 4) is 0 Å². The Hall–Kier alpha value is -2.88. The van der Waals surface area contributed by atoms with Crippen molar-refractivity contribution in [1.29, 1.82) is 0 Å². The maximum Gasteiger partial charge on any atom is 0.173 e. The Labute approximate surface area is 143 Å². The van der Waals surface area contributed by atoms with Gasteiger partial charge >= 0.3 is 0 Å². The third kappa shape index (κ3) is 3.90. The van der Waals surface area contributed by atoms with Gasteiger partial charge in [0, 0.05) is 23.8 Å². The van der Waals surface area contributed by atoms with Gasteiger partial charge in [0.1, 0.15) is 0 Å². The van der Waals surface area contributed by atoms with Crippen molar-refractivity contribution in [1.82, 2.24) is 9.97 Å². The minimum atomic E-state index is 0.710. The van der Waals surface area contributed by atoms with E-state index in [0.717, 1.165) is 11.4 Å². The molecule has 0 aliphatic heterocycles. The number of hydrogen-bond acceptors (Lipinski definition) is 4. The molecule has 2 aromatic carbocycles. The fourth-order valence-electron chi connectivity index (χ4n) is 2.89. The van der Waals surface area contributed by atoms with Crippen LogP contribution in [0.2, 0.25) is 0 Å². The zero-order valence-corrected chi connectivity index (χ0v) is 14.5. The third-order valence-electron chi connectivity index (χ3n) is 3.67. The monoisotopic (exact) mass is 318 g/mol. The fourth-order valence-corrected chi connectivity index (χ4v) is 2.89. The fraction of sp³-hybridized carbons (Fsp3) is 0.200. The van der Waals surface area contributed by atoms with Crippen LogP contribution in [0.3, 0.4) is 0 Å². The summed E-state index contributed by atoms with van der Waals surface area (Å²) in [7, 11) is 0. The summed E-state index contributed by atoms with van der Waals surface area (Å²) in [6.45, 7) is 8.35. The van der Waals surface area contributed by atoms with Crippen LogP contribution in [0.5, 0.6) is 0 Å². The van der Waals surface area contributed by atoms with Crippen LogP contribution < -0.4 is 10.6 Å². The number of rotatable bonds is 4. The van der Waals surface area contributed by atoms with E-state index < -0.39 is 0 Å². The van der Waals surface area contributed by atoms with E-state index in [2.05, 4.69) is 84.7 Å². The van der Waals surface area contributed by atoms with Crippen molar-refractivity contribution < 1.29 is 0 Å². The highest BCUT2D eigenvalue weighted by Crippen LogP contribution is 2.26. The van der Waals surface area contributed by atoms with Gasteiger partial charge in [0.15, 0.2) is 11.6 Å². The summed E-state index contributed by atoms with van der Waals surface area (Å²) in [6.07, 6.45) is 3.38. The summed E-state index contributed by atoms with van der Waals surface area (Å²) in [5.74, 6) is 1.42. The first-order chi connectivity index (χ1) is 11.5. The molecule has 24 heavy (non-hydrogen) atoms. The molecule has 2 N–H and O–H groups in total. The summed E-state index contributed by atoms with van der Waals surface area (Å²) < 4.78 is 0. The average molecular weight is 318 g/mol. The van der Waals surface area contributed by atoms with Gasteiger partial charge in [-0.05, 0) is 74.2 Å². The third-order valence-corrected chi connectivity index (χ3v) is 3.67. The van der Waals surface area contributed by atoms with Crippen molar-refractivity contribution >= 4 is 23.0 Å². The van der Waals surface area contributed by atoms with Gasteiger partial charge in [-0.25, -0.2) is 9.97 Å². The van der Waals surface area contributed by atoms with Gasteiger partial charge in [-0.3, -0.25) is 0 Å². The predicted molar refractivity (Wildman–Crippen MR) is 100 cm³/mol. The van der Waals surface area contributed by atoms with Gasteiger partial charge in [0.25, 0.3) is 0 Å². The van der Waals surface area contributed by atoms with Crippen LogP contribution in [0.15, 0.2) is 48.8 Å². The molecule has 0 amide bonds. The summed E-state index contributed by atoms with van der Waals surface area (Å²) in [4.78, 5) is 8.88. The van der Waals surface area contributed by atoms with Crippen LogP contribution in [-0.2, 0) is 0 Å². The molecule has 0 bridgehead atoms. The van der Waals surface area contributed by atoms with E-state index in [4.69, 9.17) is 0 Å². The highest BCUT2D eigenvalue weighted by Gasteiger charge is 2.07. The molecule has 0 spiro atoms. The molecule has 0 fully saturated rings. The number of aromatic nitrogens is 2. The van der Waals surface area contributed by atoms with Gasteiger partial charge in [-0.2, -0.15) is 0 Å². The lowest BCUT2D eigenvalue weighted by atomic mass is 10.1. The van der Waals surface area contributed by atoms with E-state index in [1.807, 2.05) is 0 Å². The number of hydrogen-bond donors (Lipinski definition) is 2. The first-order valence-corrected chi connectivity index (χ1v) is 8.01. The van der Waals surface area contributed by atoms with Crippen molar-refractivity contribution in [3.63, 3.8) is 0 Å². The normalized spacial score (nSPS) is 10.5. The highest BCUT2D eigenvalue weighted by atomic mass is 15.1. The van der Waals surface area contributed by atoms with Crippen LogP contribution in [-0.4, -0.2) is 9.97 Å². The maximum atomic E-state index is 4.44. The first kappa shape index (κ1) is 16.0. The molecule has 0 saturated heterocycles. The van der Waals surface area contributed by atoms with Crippen LogP contribution in [0.25, 0.3) is 0 Å². The number of anilines is 4. The Bertz CT molecular complexity index is 758. The molecule has 0 aliphatic rings.